The van der Waals surface area contributed by atoms with Gasteiger partial charge in [0.05, 0.1) is 8.07 Å². The number of hydrogen-bond donors (Lipinski definition) is 0. The Morgan fingerprint density at radius 1 is 1.21 bits per heavy atom. The second-order valence-corrected chi connectivity index (χ2v) is 8.91. The zero-order valence-electron chi connectivity index (χ0n) is 9.03. The van der Waals surface area contributed by atoms with E-state index in [0.29, 0.717) is 0 Å². The van der Waals surface area contributed by atoms with Crippen LogP contribution < -0.4 is 0 Å². The molecule has 0 aliphatic rings. The van der Waals surface area contributed by atoms with Gasteiger partial charge in [-0.2, -0.15) is 0 Å². The van der Waals surface area contributed by atoms with E-state index in [1.807, 2.05) is 6.08 Å². The molecule has 0 unspecified atom stereocenters. The smallest absolute Gasteiger partial charge is 0.0760 e. The largest absolute Gasteiger partial charge is 0.0991 e. The molecule has 1 aromatic rings. The molecule has 0 nitrogen and oxygen atoms in total. The quantitative estimate of drug-likeness (QED) is 0.515. The van der Waals surface area contributed by atoms with Gasteiger partial charge in [-0.3, -0.25) is 0 Å². The summed E-state index contributed by atoms with van der Waals surface area (Å²) in [4.78, 5) is 0. The van der Waals surface area contributed by atoms with Crippen molar-refractivity contribution in [2.24, 2.45) is 0 Å². The van der Waals surface area contributed by atoms with Crippen molar-refractivity contribution >= 4 is 8.07 Å². The second kappa shape index (κ2) is 4.96. The lowest BCUT2D eigenvalue weighted by atomic mass is 10.2. The van der Waals surface area contributed by atoms with Crippen LogP contribution in [-0.4, -0.2) is 8.07 Å². The minimum Gasteiger partial charge on any atom is -0.0991 e. The standard InChI is InChI=1S/C13H18Si/c1-4-5-11-14(2,3)12-13-9-7-6-8-10-13/h4-11H,1,12H2,2-3H3/b11-5+. The van der Waals surface area contributed by atoms with Crippen molar-refractivity contribution in [1.29, 1.82) is 0 Å². The Kier molecular flexibility index (Phi) is 3.90. The molecular weight excluding hydrogens is 184 g/mol. The fraction of sp³-hybridized carbons (Fsp3) is 0.231. The SMILES string of the molecule is C=C/C=C/[Si](C)(C)Cc1ccccc1. The molecule has 0 radical (unpaired) electrons. The summed E-state index contributed by atoms with van der Waals surface area (Å²) < 4.78 is 0. The lowest BCUT2D eigenvalue weighted by molar-refractivity contribution is 1.32. The molecule has 1 heteroatoms. The molecule has 0 amide bonds. The molecular formula is C13H18Si. The van der Waals surface area contributed by atoms with Crippen LogP contribution in [0.5, 0.6) is 0 Å². The first-order valence-electron chi connectivity index (χ1n) is 4.98. The van der Waals surface area contributed by atoms with Crippen LogP contribution >= 0.6 is 0 Å². The molecule has 0 atom stereocenters. The summed E-state index contributed by atoms with van der Waals surface area (Å²) in [6, 6.07) is 11.9. The fourth-order valence-corrected chi connectivity index (χ4v) is 3.57. The van der Waals surface area contributed by atoms with E-state index >= 15 is 0 Å². The van der Waals surface area contributed by atoms with Crippen LogP contribution in [0.1, 0.15) is 5.56 Å². The molecule has 0 aliphatic heterocycles. The van der Waals surface area contributed by atoms with E-state index in [1.165, 1.54) is 11.6 Å². The maximum Gasteiger partial charge on any atom is 0.0760 e. The average Bonchev–Trinajstić information content (AvgIpc) is 2.16. The van der Waals surface area contributed by atoms with Crippen LogP contribution in [0.25, 0.3) is 0 Å². The monoisotopic (exact) mass is 202 g/mol. The molecule has 0 N–H and O–H groups in total. The van der Waals surface area contributed by atoms with Crippen LogP contribution in [0.4, 0.5) is 0 Å². The van der Waals surface area contributed by atoms with Gasteiger partial charge in [0, 0.05) is 0 Å². The highest BCUT2D eigenvalue weighted by molar-refractivity contribution is 6.81. The van der Waals surface area contributed by atoms with Gasteiger partial charge in [0.1, 0.15) is 0 Å². The van der Waals surface area contributed by atoms with E-state index in [1.54, 1.807) is 0 Å². The second-order valence-electron chi connectivity index (χ2n) is 4.25. The number of hydrogen-bond acceptors (Lipinski definition) is 0. The van der Waals surface area contributed by atoms with E-state index in [9.17, 15) is 0 Å². The summed E-state index contributed by atoms with van der Waals surface area (Å²) in [5.41, 5.74) is 3.78. The first kappa shape index (κ1) is 11.0. The van der Waals surface area contributed by atoms with E-state index < -0.39 is 8.07 Å². The molecule has 0 aromatic heterocycles. The summed E-state index contributed by atoms with van der Waals surface area (Å²) >= 11 is 0. The molecule has 0 saturated heterocycles. The van der Waals surface area contributed by atoms with Crippen LogP contribution in [0, 0.1) is 0 Å². The van der Waals surface area contributed by atoms with Crippen molar-refractivity contribution < 1.29 is 0 Å². The molecule has 74 valence electrons. The van der Waals surface area contributed by atoms with Gasteiger partial charge in [0.25, 0.3) is 0 Å². The van der Waals surface area contributed by atoms with Crippen LogP contribution in [-0.2, 0) is 6.04 Å². The number of allylic oxidation sites excluding steroid dienone is 2. The third-order valence-corrected chi connectivity index (χ3v) is 4.60. The van der Waals surface area contributed by atoms with Crippen molar-refractivity contribution in [3.63, 3.8) is 0 Å². The van der Waals surface area contributed by atoms with Gasteiger partial charge in [-0.1, -0.05) is 73.4 Å². The summed E-state index contributed by atoms with van der Waals surface area (Å²) in [5.74, 6) is 0. The Hall–Kier alpha value is -1.08. The third kappa shape index (κ3) is 3.75. The number of benzene rings is 1. The van der Waals surface area contributed by atoms with Gasteiger partial charge in [-0.05, 0) is 6.04 Å². The number of rotatable bonds is 4. The van der Waals surface area contributed by atoms with Gasteiger partial charge in [-0.25, -0.2) is 0 Å². The summed E-state index contributed by atoms with van der Waals surface area (Å²) in [5, 5.41) is 0. The first-order chi connectivity index (χ1) is 6.64. The highest BCUT2D eigenvalue weighted by atomic mass is 28.3. The van der Waals surface area contributed by atoms with E-state index in [0.717, 1.165) is 0 Å². The van der Waals surface area contributed by atoms with Gasteiger partial charge >= 0.3 is 0 Å². The van der Waals surface area contributed by atoms with Crippen LogP contribution in [0.3, 0.4) is 0 Å². The predicted octanol–water partition coefficient (Wildman–Crippen LogP) is 3.76. The highest BCUT2D eigenvalue weighted by Crippen LogP contribution is 2.12. The molecule has 14 heavy (non-hydrogen) atoms. The molecule has 0 bridgehead atoms. The molecule has 0 aliphatic carbocycles. The molecule has 0 saturated carbocycles. The minimum atomic E-state index is -1.22. The van der Waals surface area contributed by atoms with Crippen molar-refractivity contribution in [2.45, 2.75) is 19.1 Å². The first-order valence-corrected chi connectivity index (χ1v) is 8.27. The normalized spacial score (nSPS) is 11.9. The van der Waals surface area contributed by atoms with E-state index in [4.69, 9.17) is 0 Å². The van der Waals surface area contributed by atoms with Gasteiger partial charge in [0.15, 0.2) is 0 Å². The van der Waals surface area contributed by atoms with Crippen LogP contribution in [0.2, 0.25) is 13.1 Å². The Labute approximate surface area is 88.0 Å². The summed E-state index contributed by atoms with van der Waals surface area (Å²) in [6.45, 7) is 8.46. The van der Waals surface area contributed by atoms with Gasteiger partial charge in [-0.15, -0.1) is 0 Å². The maximum absolute atomic E-state index is 3.71. The van der Waals surface area contributed by atoms with Crippen molar-refractivity contribution in [3.05, 3.63) is 60.3 Å². The lowest BCUT2D eigenvalue weighted by Gasteiger charge is -2.17. The average molecular weight is 202 g/mol. The zero-order valence-corrected chi connectivity index (χ0v) is 10.0. The molecule has 0 heterocycles. The fourth-order valence-electron chi connectivity index (χ4n) is 1.51. The van der Waals surface area contributed by atoms with Crippen molar-refractivity contribution in [1.82, 2.24) is 0 Å². The Bertz CT molecular complexity index is 309. The molecule has 0 spiro atoms. The van der Waals surface area contributed by atoms with Gasteiger partial charge in [0.2, 0.25) is 0 Å². The van der Waals surface area contributed by atoms with Crippen molar-refractivity contribution in [3.8, 4) is 0 Å². The Morgan fingerprint density at radius 2 is 1.86 bits per heavy atom. The van der Waals surface area contributed by atoms with Gasteiger partial charge < -0.3 is 0 Å². The minimum absolute atomic E-state index is 1.21. The zero-order chi connectivity index (χ0) is 10.4. The molecule has 1 rings (SSSR count). The topological polar surface area (TPSA) is 0 Å². The summed E-state index contributed by atoms with van der Waals surface area (Å²) in [7, 11) is -1.22. The Morgan fingerprint density at radius 3 is 2.43 bits per heavy atom. The lowest BCUT2D eigenvalue weighted by Crippen LogP contribution is -2.26. The van der Waals surface area contributed by atoms with E-state index in [2.05, 4.69) is 61.8 Å². The van der Waals surface area contributed by atoms with Crippen LogP contribution in [0.15, 0.2) is 54.8 Å². The maximum atomic E-state index is 3.71. The third-order valence-electron chi connectivity index (χ3n) is 2.19. The molecule has 1 aromatic carbocycles. The summed E-state index contributed by atoms with van der Waals surface area (Å²) in [6.07, 6.45) is 3.94. The van der Waals surface area contributed by atoms with E-state index in [-0.39, 0.29) is 0 Å². The van der Waals surface area contributed by atoms with Crippen molar-refractivity contribution in [2.75, 3.05) is 0 Å². The predicted molar refractivity (Wildman–Crippen MR) is 67.0 cm³/mol. The Balaban J connectivity index is 2.68. The highest BCUT2D eigenvalue weighted by Gasteiger charge is 2.16. The molecule has 0 fully saturated rings.